The molecule has 0 amide bonds. The molecule has 0 aliphatic heterocycles. The van der Waals surface area contributed by atoms with Crippen LogP contribution >= 0.6 is 11.6 Å². The standard InChI is InChI=1S/C15H14ClNO4S/c1-9-3-4-11(15(18)19)8-14(9)22(20,21)17-13-6-5-12(16)7-10(13)2/h3-8,17H,1-2H3,(H,18,19)/p-1. The van der Waals surface area contributed by atoms with E-state index in [1.807, 2.05) is 0 Å². The van der Waals surface area contributed by atoms with Crippen molar-refractivity contribution in [3.63, 3.8) is 0 Å². The van der Waals surface area contributed by atoms with Gasteiger partial charge in [0.15, 0.2) is 0 Å². The van der Waals surface area contributed by atoms with Gasteiger partial charge in [-0.3, -0.25) is 4.72 Å². The third kappa shape index (κ3) is 3.40. The van der Waals surface area contributed by atoms with E-state index in [1.54, 1.807) is 32.0 Å². The van der Waals surface area contributed by atoms with Crippen molar-refractivity contribution in [2.24, 2.45) is 0 Å². The van der Waals surface area contributed by atoms with Crippen molar-refractivity contribution in [3.8, 4) is 0 Å². The first kappa shape index (κ1) is 16.3. The summed E-state index contributed by atoms with van der Waals surface area (Å²) in [6, 6.07) is 8.55. The van der Waals surface area contributed by atoms with E-state index in [0.717, 1.165) is 6.07 Å². The fourth-order valence-electron chi connectivity index (χ4n) is 1.96. The molecular weight excluding hydrogens is 326 g/mol. The zero-order chi connectivity index (χ0) is 16.5. The van der Waals surface area contributed by atoms with E-state index in [4.69, 9.17) is 11.6 Å². The second-order valence-electron chi connectivity index (χ2n) is 4.83. The summed E-state index contributed by atoms with van der Waals surface area (Å²) in [5, 5.41) is 11.4. The molecule has 2 aromatic carbocycles. The lowest BCUT2D eigenvalue weighted by molar-refractivity contribution is -0.255. The van der Waals surface area contributed by atoms with Crippen LogP contribution in [0.5, 0.6) is 0 Å². The van der Waals surface area contributed by atoms with Crippen molar-refractivity contribution < 1.29 is 18.3 Å². The summed E-state index contributed by atoms with van der Waals surface area (Å²) in [4.78, 5) is 10.8. The first-order valence-corrected chi connectivity index (χ1v) is 8.18. The van der Waals surface area contributed by atoms with Gasteiger partial charge in [0, 0.05) is 5.02 Å². The van der Waals surface area contributed by atoms with Crippen molar-refractivity contribution in [3.05, 3.63) is 58.1 Å². The van der Waals surface area contributed by atoms with Crippen LogP contribution in [0.25, 0.3) is 0 Å². The molecule has 0 bridgehead atoms. The van der Waals surface area contributed by atoms with Gasteiger partial charge < -0.3 is 9.90 Å². The second-order valence-corrected chi connectivity index (χ2v) is 6.92. The van der Waals surface area contributed by atoms with Gasteiger partial charge in [-0.1, -0.05) is 23.7 Å². The molecule has 0 saturated heterocycles. The van der Waals surface area contributed by atoms with Gasteiger partial charge in [0.2, 0.25) is 0 Å². The molecule has 2 aromatic rings. The summed E-state index contributed by atoms with van der Waals surface area (Å²) < 4.78 is 27.4. The Morgan fingerprint density at radius 3 is 2.36 bits per heavy atom. The number of anilines is 1. The fraction of sp³-hybridized carbons (Fsp3) is 0.133. The van der Waals surface area contributed by atoms with Crippen molar-refractivity contribution in [1.82, 2.24) is 0 Å². The number of halogens is 1. The monoisotopic (exact) mass is 338 g/mol. The molecule has 5 nitrogen and oxygen atoms in total. The zero-order valence-corrected chi connectivity index (χ0v) is 13.5. The molecule has 0 aliphatic rings. The van der Waals surface area contributed by atoms with Gasteiger partial charge >= 0.3 is 0 Å². The van der Waals surface area contributed by atoms with E-state index in [1.165, 1.54) is 12.1 Å². The number of hydrogen-bond donors (Lipinski definition) is 1. The lowest BCUT2D eigenvalue weighted by atomic mass is 10.1. The van der Waals surface area contributed by atoms with E-state index in [0.29, 0.717) is 21.8 Å². The van der Waals surface area contributed by atoms with Gasteiger partial charge in [0.1, 0.15) is 0 Å². The Morgan fingerprint density at radius 2 is 1.77 bits per heavy atom. The van der Waals surface area contributed by atoms with Gasteiger partial charge in [-0.2, -0.15) is 0 Å². The largest absolute Gasteiger partial charge is 0.545 e. The van der Waals surface area contributed by atoms with E-state index < -0.39 is 16.0 Å². The number of hydrogen-bond acceptors (Lipinski definition) is 4. The van der Waals surface area contributed by atoms with Crippen LogP contribution in [-0.4, -0.2) is 14.4 Å². The van der Waals surface area contributed by atoms with Crippen LogP contribution < -0.4 is 9.83 Å². The van der Waals surface area contributed by atoms with Gasteiger partial charge in [-0.15, -0.1) is 0 Å². The maximum atomic E-state index is 12.5. The number of sulfonamides is 1. The lowest BCUT2D eigenvalue weighted by Gasteiger charge is -2.14. The van der Waals surface area contributed by atoms with Gasteiger partial charge in [0.05, 0.1) is 16.6 Å². The summed E-state index contributed by atoms with van der Waals surface area (Å²) in [7, 11) is -3.92. The van der Waals surface area contributed by atoms with Crippen LogP contribution in [0.2, 0.25) is 5.02 Å². The predicted octanol–water partition coefficient (Wildman–Crippen LogP) is 2.12. The minimum absolute atomic E-state index is 0.108. The third-order valence-corrected chi connectivity index (χ3v) is 4.89. The minimum atomic E-state index is -3.92. The molecule has 0 radical (unpaired) electrons. The molecule has 7 heteroatoms. The summed E-state index contributed by atoms with van der Waals surface area (Å²) in [6.07, 6.45) is 0. The molecule has 2 rings (SSSR count). The van der Waals surface area contributed by atoms with Gasteiger partial charge in [-0.05, 0) is 54.8 Å². The van der Waals surface area contributed by atoms with Crippen LogP contribution in [-0.2, 0) is 10.0 Å². The third-order valence-electron chi connectivity index (χ3n) is 3.15. The van der Waals surface area contributed by atoms with Crippen molar-refractivity contribution in [2.45, 2.75) is 18.7 Å². The smallest absolute Gasteiger partial charge is 0.262 e. The number of carbonyl (C=O) groups excluding carboxylic acids is 1. The number of benzene rings is 2. The molecule has 0 fully saturated rings. The number of aromatic carboxylic acids is 1. The topological polar surface area (TPSA) is 86.3 Å². The molecule has 0 spiro atoms. The number of rotatable bonds is 4. The van der Waals surface area contributed by atoms with Crippen molar-refractivity contribution >= 4 is 33.3 Å². The predicted molar refractivity (Wildman–Crippen MR) is 82.5 cm³/mol. The van der Waals surface area contributed by atoms with Gasteiger partial charge in [-0.25, -0.2) is 8.42 Å². The van der Waals surface area contributed by atoms with Crippen molar-refractivity contribution in [2.75, 3.05) is 4.72 Å². The summed E-state index contributed by atoms with van der Waals surface area (Å²) in [5.41, 5.74) is 1.27. The first-order valence-electron chi connectivity index (χ1n) is 6.31. The lowest BCUT2D eigenvalue weighted by Crippen LogP contribution is -2.23. The highest BCUT2D eigenvalue weighted by molar-refractivity contribution is 7.92. The number of carbonyl (C=O) groups is 1. The van der Waals surface area contributed by atoms with E-state index in [-0.39, 0.29) is 10.5 Å². The Kier molecular flexibility index (Phi) is 4.44. The highest BCUT2D eigenvalue weighted by atomic mass is 35.5. The molecular formula is C15H13ClNO4S-. The molecule has 0 aromatic heterocycles. The Hall–Kier alpha value is -2.05. The van der Waals surface area contributed by atoms with E-state index in [2.05, 4.69) is 4.72 Å². The summed E-state index contributed by atoms with van der Waals surface area (Å²) >= 11 is 5.84. The first-order chi connectivity index (χ1) is 10.2. The van der Waals surface area contributed by atoms with Crippen LogP contribution in [0, 0.1) is 13.8 Å². The fourth-order valence-corrected chi connectivity index (χ4v) is 3.59. The Bertz CT molecular complexity index is 847. The molecule has 1 N–H and O–H groups in total. The molecule has 0 heterocycles. The molecule has 116 valence electrons. The average molecular weight is 339 g/mol. The molecule has 0 saturated carbocycles. The van der Waals surface area contributed by atoms with E-state index in [9.17, 15) is 18.3 Å². The van der Waals surface area contributed by atoms with Crippen LogP contribution in [0.15, 0.2) is 41.3 Å². The summed E-state index contributed by atoms with van der Waals surface area (Å²) in [5.74, 6) is -1.43. The normalized spacial score (nSPS) is 11.2. The Labute approximate surface area is 133 Å². The molecule has 0 atom stereocenters. The second kappa shape index (κ2) is 5.98. The van der Waals surface area contributed by atoms with Crippen LogP contribution in [0.4, 0.5) is 5.69 Å². The minimum Gasteiger partial charge on any atom is -0.545 e. The summed E-state index contributed by atoms with van der Waals surface area (Å²) in [6.45, 7) is 3.30. The zero-order valence-electron chi connectivity index (χ0n) is 11.9. The molecule has 0 unspecified atom stereocenters. The van der Waals surface area contributed by atoms with Crippen LogP contribution in [0.3, 0.4) is 0 Å². The quantitative estimate of drug-likeness (QED) is 0.925. The molecule has 0 aliphatic carbocycles. The highest BCUT2D eigenvalue weighted by Crippen LogP contribution is 2.24. The van der Waals surface area contributed by atoms with Gasteiger partial charge in [0.25, 0.3) is 10.0 Å². The van der Waals surface area contributed by atoms with Crippen molar-refractivity contribution in [1.29, 1.82) is 0 Å². The number of carboxylic acid groups (broad SMARTS) is 1. The Morgan fingerprint density at radius 1 is 1.09 bits per heavy atom. The maximum absolute atomic E-state index is 12.5. The molecule has 22 heavy (non-hydrogen) atoms. The highest BCUT2D eigenvalue weighted by Gasteiger charge is 2.18. The SMILES string of the molecule is Cc1cc(Cl)ccc1NS(=O)(=O)c1cc(C(=O)[O-])ccc1C. The number of nitrogens with one attached hydrogen (secondary N) is 1. The maximum Gasteiger partial charge on any atom is 0.262 e. The van der Waals surface area contributed by atoms with Crippen LogP contribution in [0.1, 0.15) is 21.5 Å². The average Bonchev–Trinajstić information content (AvgIpc) is 2.42. The van der Waals surface area contributed by atoms with E-state index >= 15 is 0 Å². The number of aryl methyl sites for hydroxylation is 2. The Balaban J connectivity index is 2.46. The number of carboxylic acids is 1.